The first-order valence-corrected chi connectivity index (χ1v) is 9.49. The van der Waals surface area contributed by atoms with Crippen LogP contribution in [0.4, 0.5) is 0 Å². The fourth-order valence-electron chi connectivity index (χ4n) is 3.73. The molecular weight excluding hydrogens is 392 g/mol. The molecule has 3 aromatic rings. The summed E-state index contributed by atoms with van der Waals surface area (Å²) < 4.78 is 3.33. The van der Waals surface area contributed by atoms with Crippen molar-refractivity contribution in [1.29, 1.82) is 0 Å². The number of halogens is 1. The van der Waals surface area contributed by atoms with Crippen molar-refractivity contribution in [1.82, 2.24) is 29.5 Å². The minimum atomic E-state index is -0.193. The number of imidazole rings is 1. The molecular formula is C20H25ClN6O2. The number of carbonyl (C=O) groups is 1. The summed E-state index contributed by atoms with van der Waals surface area (Å²) in [7, 11) is 1.92. The highest BCUT2D eigenvalue weighted by molar-refractivity contribution is 6.05. The van der Waals surface area contributed by atoms with Gasteiger partial charge in [-0.1, -0.05) is 18.2 Å². The smallest absolute Gasteiger partial charge is 0.275 e. The number of benzene rings is 1. The van der Waals surface area contributed by atoms with Crippen molar-refractivity contribution in [2.75, 3.05) is 19.6 Å². The molecule has 0 saturated carbocycles. The fraction of sp³-hybridized carbons (Fsp3) is 0.400. The third kappa shape index (κ3) is 3.65. The number of piperazine rings is 1. The molecule has 0 radical (unpaired) electrons. The van der Waals surface area contributed by atoms with E-state index in [1.165, 1.54) is 4.68 Å². The Morgan fingerprint density at radius 3 is 2.62 bits per heavy atom. The molecule has 1 saturated heterocycles. The number of nitrogens with one attached hydrogen (secondary N) is 1. The topological polar surface area (TPSA) is 85.1 Å². The van der Waals surface area contributed by atoms with Crippen molar-refractivity contribution in [3.8, 4) is 0 Å². The van der Waals surface area contributed by atoms with E-state index < -0.39 is 0 Å². The van der Waals surface area contributed by atoms with Crippen molar-refractivity contribution in [3.05, 3.63) is 58.5 Å². The Balaban J connectivity index is 0.00000240. The minimum Gasteiger partial charge on any atom is -0.336 e. The number of carbonyl (C=O) groups excluding carboxylic acids is 1. The Morgan fingerprint density at radius 1 is 1.24 bits per heavy atom. The molecule has 1 unspecified atom stereocenters. The van der Waals surface area contributed by atoms with Gasteiger partial charge in [-0.05, 0) is 19.9 Å². The zero-order valence-electron chi connectivity index (χ0n) is 16.7. The molecule has 1 aliphatic rings. The molecule has 1 fully saturated rings. The van der Waals surface area contributed by atoms with Gasteiger partial charge in [0, 0.05) is 44.5 Å². The lowest BCUT2D eigenvalue weighted by Gasteiger charge is -2.35. The van der Waals surface area contributed by atoms with E-state index in [1.54, 1.807) is 18.3 Å². The van der Waals surface area contributed by atoms with Crippen LogP contribution in [0.3, 0.4) is 0 Å². The molecule has 1 aliphatic heterocycles. The maximum atomic E-state index is 13.6. The fourth-order valence-corrected chi connectivity index (χ4v) is 3.73. The highest BCUT2D eigenvalue weighted by atomic mass is 35.5. The van der Waals surface area contributed by atoms with Gasteiger partial charge in [0.15, 0.2) is 5.69 Å². The van der Waals surface area contributed by atoms with Crippen LogP contribution in [0, 0.1) is 0 Å². The zero-order valence-corrected chi connectivity index (χ0v) is 17.5. The summed E-state index contributed by atoms with van der Waals surface area (Å²) in [5.74, 6) is 0.641. The van der Waals surface area contributed by atoms with Gasteiger partial charge in [0.2, 0.25) is 0 Å². The van der Waals surface area contributed by atoms with Gasteiger partial charge >= 0.3 is 0 Å². The first-order chi connectivity index (χ1) is 13.5. The number of amides is 1. The summed E-state index contributed by atoms with van der Waals surface area (Å²) in [6, 6.07) is 6.85. The summed E-state index contributed by atoms with van der Waals surface area (Å²) in [5, 5.41) is 8.92. The summed E-state index contributed by atoms with van der Waals surface area (Å²) in [6.07, 6.45) is 3.61. The highest BCUT2D eigenvalue weighted by Crippen LogP contribution is 2.24. The van der Waals surface area contributed by atoms with E-state index in [9.17, 15) is 9.59 Å². The van der Waals surface area contributed by atoms with E-state index in [0.29, 0.717) is 36.1 Å². The summed E-state index contributed by atoms with van der Waals surface area (Å²) in [6.45, 7) is 5.65. The summed E-state index contributed by atoms with van der Waals surface area (Å²) in [4.78, 5) is 32.6. The van der Waals surface area contributed by atoms with Crippen molar-refractivity contribution in [2.45, 2.75) is 25.9 Å². The second kappa shape index (κ2) is 8.34. The zero-order chi connectivity index (χ0) is 19.8. The van der Waals surface area contributed by atoms with Gasteiger partial charge in [0.1, 0.15) is 11.9 Å². The molecule has 1 amide bonds. The molecule has 154 valence electrons. The number of fused-ring (bicyclic) bond motifs is 1. The van der Waals surface area contributed by atoms with E-state index in [0.717, 1.165) is 5.82 Å². The van der Waals surface area contributed by atoms with Crippen LogP contribution in [0.5, 0.6) is 0 Å². The van der Waals surface area contributed by atoms with Gasteiger partial charge < -0.3 is 14.8 Å². The van der Waals surface area contributed by atoms with Crippen LogP contribution < -0.4 is 10.9 Å². The molecule has 0 aliphatic carbocycles. The van der Waals surface area contributed by atoms with Crippen molar-refractivity contribution in [3.63, 3.8) is 0 Å². The van der Waals surface area contributed by atoms with E-state index in [-0.39, 0.29) is 36.0 Å². The molecule has 0 bridgehead atoms. The van der Waals surface area contributed by atoms with Gasteiger partial charge in [0.05, 0.1) is 11.4 Å². The number of nitrogens with zero attached hydrogens (tertiary/aromatic N) is 5. The molecule has 3 heterocycles. The molecule has 1 atom stereocenters. The second-order valence-corrected chi connectivity index (χ2v) is 7.35. The molecule has 4 rings (SSSR count). The van der Waals surface area contributed by atoms with E-state index >= 15 is 0 Å². The first kappa shape index (κ1) is 21.0. The summed E-state index contributed by atoms with van der Waals surface area (Å²) in [5.41, 5.74) is 0.133. The number of aryl methyl sites for hydroxylation is 1. The lowest BCUT2D eigenvalue weighted by atomic mass is 10.1. The molecule has 0 spiro atoms. The quantitative estimate of drug-likeness (QED) is 0.705. The molecule has 2 aromatic heterocycles. The van der Waals surface area contributed by atoms with Crippen LogP contribution in [-0.2, 0) is 7.05 Å². The molecule has 9 heteroatoms. The SMILES string of the molecule is CC(C)n1nc(C(=O)N2CCNCC2c2nccn2C)c2ccccc2c1=O.Cl. The molecule has 1 aromatic carbocycles. The average Bonchev–Trinajstić information content (AvgIpc) is 3.13. The van der Waals surface area contributed by atoms with E-state index in [4.69, 9.17) is 0 Å². The van der Waals surface area contributed by atoms with Gasteiger partial charge in [0.25, 0.3) is 11.5 Å². The molecule has 29 heavy (non-hydrogen) atoms. The Labute approximate surface area is 174 Å². The van der Waals surface area contributed by atoms with Crippen molar-refractivity contribution < 1.29 is 4.79 Å². The van der Waals surface area contributed by atoms with Gasteiger partial charge in [-0.3, -0.25) is 9.59 Å². The van der Waals surface area contributed by atoms with Crippen LogP contribution in [0.1, 0.15) is 42.2 Å². The first-order valence-electron chi connectivity index (χ1n) is 9.49. The van der Waals surface area contributed by atoms with E-state index in [1.807, 2.05) is 48.7 Å². The number of hydrogen-bond donors (Lipinski definition) is 1. The predicted octanol–water partition coefficient (Wildman–Crippen LogP) is 1.92. The van der Waals surface area contributed by atoms with Crippen LogP contribution >= 0.6 is 12.4 Å². The van der Waals surface area contributed by atoms with Crippen molar-refractivity contribution in [2.24, 2.45) is 7.05 Å². The van der Waals surface area contributed by atoms with Crippen molar-refractivity contribution >= 4 is 29.1 Å². The lowest BCUT2D eigenvalue weighted by molar-refractivity contribution is 0.0614. The largest absolute Gasteiger partial charge is 0.336 e. The second-order valence-electron chi connectivity index (χ2n) is 7.35. The van der Waals surface area contributed by atoms with Crippen LogP contribution in [0.2, 0.25) is 0 Å². The monoisotopic (exact) mass is 416 g/mol. The minimum absolute atomic E-state index is 0. The Morgan fingerprint density at radius 2 is 1.97 bits per heavy atom. The van der Waals surface area contributed by atoms with Gasteiger partial charge in [-0.2, -0.15) is 5.10 Å². The van der Waals surface area contributed by atoms with E-state index in [2.05, 4.69) is 15.4 Å². The number of rotatable bonds is 3. The third-order valence-corrected chi connectivity index (χ3v) is 5.18. The highest BCUT2D eigenvalue weighted by Gasteiger charge is 2.33. The standard InChI is InChI=1S/C20H24N6O2.ClH/c1-13(2)26-19(27)15-7-5-4-6-14(15)17(23-26)20(28)25-11-8-21-12-16(25)18-22-9-10-24(18)3;/h4-7,9-10,13,16,21H,8,11-12H2,1-3H3;1H. The van der Waals surface area contributed by atoms with Crippen LogP contribution in [0.25, 0.3) is 10.8 Å². The third-order valence-electron chi connectivity index (χ3n) is 5.18. The summed E-state index contributed by atoms with van der Waals surface area (Å²) >= 11 is 0. The van der Waals surface area contributed by atoms with Gasteiger partial charge in [-0.15, -0.1) is 12.4 Å². The Bertz CT molecular complexity index is 1090. The maximum Gasteiger partial charge on any atom is 0.275 e. The Hall–Kier alpha value is -2.71. The number of hydrogen-bond acceptors (Lipinski definition) is 5. The molecule has 8 nitrogen and oxygen atoms in total. The average molecular weight is 417 g/mol. The maximum absolute atomic E-state index is 13.6. The lowest BCUT2D eigenvalue weighted by Crippen LogP contribution is -2.50. The van der Waals surface area contributed by atoms with Gasteiger partial charge in [-0.25, -0.2) is 9.67 Å². The van der Waals surface area contributed by atoms with Crippen LogP contribution in [-0.4, -0.2) is 49.8 Å². The normalized spacial score (nSPS) is 16.8. The molecule has 1 N–H and O–H groups in total. The number of aromatic nitrogens is 4. The Kier molecular flexibility index (Phi) is 6.04. The van der Waals surface area contributed by atoms with Crippen LogP contribution in [0.15, 0.2) is 41.5 Å². The predicted molar refractivity (Wildman–Crippen MR) is 113 cm³/mol.